The Kier molecular flexibility index (Phi) is 4.57. The average molecular weight is 242 g/mol. The molecule has 2 nitrogen and oxygen atoms in total. The molecule has 0 radical (unpaired) electrons. The Labute approximate surface area is 109 Å². The van der Waals surface area contributed by atoms with E-state index >= 15 is 0 Å². The van der Waals surface area contributed by atoms with E-state index in [-0.39, 0.29) is 0 Å². The number of aromatic nitrogens is 1. The molecule has 1 aromatic carbocycles. The molecular weight excluding hydrogens is 220 g/mol. The maximum atomic E-state index is 4.43. The first-order chi connectivity index (χ1) is 8.77. The van der Waals surface area contributed by atoms with Crippen LogP contribution in [0.2, 0.25) is 0 Å². The second kappa shape index (κ2) is 6.39. The van der Waals surface area contributed by atoms with E-state index in [1.807, 2.05) is 6.20 Å². The molecule has 2 aromatic rings. The number of pyridine rings is 1. The molecule has 0 spiro atoms. The van der Waals surface area contributed by atoms with Crippen molar-refractivity contribution in [1.82, 2.24) is 4.98 Å². The van der Waals surface area contributed by atoms with Crippen molar-refractivity contribution < 1.29 is 0 Å². The Hall–Kier alpha value is -1.57. The van der Waals surface area contributed by atoms with Gasteiger partial charge in [0.2, 0.25) is 0 Å². The zero-order valence-corrected chi connectivity index (χ0v) is 11.3. The minimum Gasteiger partial charge on any atom is -0.370 e. The molecule has 0 saturated carbocycles. The van der Waals surface area contributed by atoms with E-state index in [0.29, 0.717) is 0 Å². The summed E-state index contributed by atoms with van der Waals surface area (Å²) >= 11 is 0. The van der Waals surface area contributed by atoms with Crippen LogP contribution in [-0.4, -0.2) is 11.5 Å². The molecule has 0 unspecified atom stereocenters. The van der Waals surface area contributed by atoms with Crippen molar-refractivity contribution in [3.8, 4) is 0 Å². The van der Waals surface area contributed by atoms with Crippen LogP contribution >= 0.6 is 0 Å². The Balaban J connectivity index is 1.91. The monoisotopic (exact) mass is 242 g/mol. The largest absolute Gasteiger partial charge is 0.370 e. The van der Waals surface area contributed by atoms with Gasteiger partial charge in [0.25, 0.3) is 0 Å². The summed E-state index contributed by atoms with van der Waals surface area (Å²) in [5.74, 6) is 1.82. The molecule has 0 saturated heterocycles. The van der Waals surface area contributed by atoms with Crippen molar-refractivity contribution in [2.45, 2.75) is 33.1 Å². The number of hydrogen-bond donors (Lipinski definition) is 1. The number of fused-ring (bicyclic) bond motifs is 1. The Morgan fingerprint density at radius 2 is 1.94 bits per heavy atom. The molecule has 0 fully saturated rings. The maximum Gasteiger partial charge on any atom is 0.133 e. The molecule has 1 heterocycles. The van der Waals surface area contributed by atoms with Crippen LogP contribution in [0.3, 0.4) is 0 Å². The van der Waals surface area contributed by atoms with Gasteiger partial charge in [0.15, 0.2) is 0 Å². The molecule has 0 aliphatic heterocycles. The van der Waals surface area contributed by atoms with E-state index in [9.17, 15) is 0 Å². The van der Waals surface area contributed by atoms with Gasteiger partial charge >= 0.3 is 0 Å². The van der Waals surface area contributed by atoms with Gasteiger partial charge in [-0.05, 0) is 23.8 Å². The third-order valence-electron chi connectivity index (χ3n) is 3.17. The number of benzene rings is 1. The van der Waals surface area contributed by atoms with Crippen molar-refractivity contribution in [1.29, 1.82) is 0 Å². The lowest BCUT2D eigenvalue weighted by Gasteiger charge is -2.09. The maximum absolute atomic E-state index is 4.43. The van der Waals surface area contributed by atoms with Crippen molar-refractivity contribution >= 4 is 16.6 Å². The third kappa shape index (κ3) is 3.46. The van der Waals surface area contributed by atoms with Gasteiger partial charge in [-0.1, -0.05) is 51.0 Å². The number of nitrogens with one attached hydrogen (secondary N) is 1. The van der Waals surface area contributed by atoms with E-state index < -0.39 is 0 Å². The van der Waals surface area contributed by atoms with Crippen molar-refractivity contribution in [3.63, 3.8) is 0 Å². The van der Waals surface area contributed by atoms with E-state index in [1.54, 1.807) is 0 Å². The molecular formula is C16H22N2. The zero-order valence-electron chi connectivity index (χ0n) is 11.3. The minimum absolute atomic E-state index is 0.806. The van der Waals surface area contributed by atoms with Gasteiger partial charge in [-0.15, -0.1) is 0 Å². The molecule has 1 aromatic heterocycles. The zero-order chi connectivity index (χ0) is 12.8. The highest BCUT2D eigenvalue weighted by Crippen LogP contribution is 2.20. The predicted molar refractivity (Wildman–Crippen MR) is 78.9 cm³/mol. The summed E-state index contributed by atoms with van der Waals surface area (Å²) in [6, 6.07) is 10.4. The van der Waals surface area contributed by atoms with Crippen molar-refractivity contribution in [2.24, 2.45) is 5.92 Å². The molecule has 0 aliphatic rings. The third-order valence-corrected chi connectivity index (χ3v) is 3.17. The average Bonchev–Trinajstić information content (AvgIpc) is 2.38. The van der Waals surface area contributed by atoms with Crippen LogP contribution in [0.15, 0.2) is 36.5 Å². The highest BCUT2D eigenvalue weighted by atomic mass is 15.0. The quantitative estimate of drug-likeness (QED) is 0.756. The molecule has 2 rings (SSSR count). The summed E-state index contributed by atoms with van der Waals surface area (Å²) in [5, 5.41) is 5.91. The number of nitrogens with zero attached hydrogens (tertiary/aromatic N) is 1. The van der Waals surface area contributed by atoms with Gasteiger partial charge in [-0.3, -0.25) is 0 Å². The smallest absolute Gasteiger partial charge is 0.133 e. The molecule has 18 heavy (non-hydrogen) atoms. The lowest BCUT2D eigenvalue weighted by molar-refractivity contribution is 0.544. The van der Waals surface area contributed by atoms with Crippen LogP contribution in [0.25, 0.3) is 10.8 Å². The summed E-state index contributed by atoms with van der Waals surface area (Å²) < 4.78 is 0. The van der Waals surface area contributed by atoms with Crippen LogP contribution in [0.1, 0.15) is 33.1 Å². The number of unbranched alkanes of at least 4 members (excludes halogenated alkanes) is 1. The highest BCUT2D eigenvalue weighted by Gasteiger charge is 2.00. The highest BCUT2D eigenvalue weighted by molar-refractivity contribution is 5.91. The van der Waals surface area contributed by atoms with Crippen LogP contribution in [0.4, 0.5) is 5.82 Å². The standard InChI is InChI=1S/C16H22N2/c1-13(2)7-5-6-11-17-16-15-9-4-3-8-14(15)10-12-18-16/h3-4,8-10,12-13H,5-7,11H2,1-2H3,(H,17,18). The van der Waals surface area contributed by atoms with Crippen molar-refractivity contribution in [3.05, 3.63) is 36.5 Å². The van der Waals surface area contributed by atoms with E-state index in [2.05, 4.69) is 54.5 Å². The summed E-state index contributed by atoms with van der Waals surface area (Å²) in [6.45, 7) is 5.56. The molecule has 0 bridgehead atoms. The Bertz CT molecular complexity index is 486. The van der Waals surface area contributed by atoms with Gasteiger partial charge in [-0.25, -0.2) is 4.98 Å². The lowest BCUT2D eigenvalue weighted by Crippen LogP contribution is -2.04. The van der Waals surface area contributed by atoms with Gasteiger partial charge in [0, 0.05) is 18.1 Å². The van der Waals surface area contributed by atoms with Crippen LogP contribution < -0.4 is 5.32 Å². The number of anilines is 1. The molecule has 0 atom stereocenters. The predicted octanol–water partition coefficient (Wildman–Crippen LogP) is 4.47. The fourth-order valence-corrected chi connectivity index (χ4v) is 2.14. The normalized spacial score (nSPS) is 11.1. The summed E-state index contributed by atoms with van der Waals surface area (Å²) in [4.78, 5) is 4.43. The first kappa shape index (κ1) is 12.9. The minimum atomic E-state index is 0.806. The van der Waals surface area contributed by atoms with Crippen LogP contribution in [0.5, 0.6) is 0 Å². The topological polar surface area (TPSA) is 24.9 Å². The molecule has 96 valence electrons. The van der Waals surface area contributed by atoms with Crippen LogP contribution in [0, 0.1) is 5.92 Å². The molecule has 0 amide bonds. The Morgan fingerprint density at radius 3 is 2.78 bits per heavy atom. The number of rotatable bonds is 6. The van der Waals surface area contributed by atoms with Gasteiger partial charge in [0.1, 0.15) is 5.82 Å². The van der Waals surface area contributed by atoms with Gasteiger partial charge in [0.05, 0.1) is 0 Å². The SMILES string of the molecule is CC(C)CCCCNc1nccc2ccccc12. The Morgan fingerprint density at radius 1 is 1.11 bits per heavy atom. The lowest BCUT2D eigenvalue weighted by atomic mass is 10.1. The van der Waals surface area contributed by atoms with Gasteiger partial charge in [-0.2, -0.15) is 0 Å². The van der Waals surface area contributed by atoms with E-state index in [1.165, 1.54) is 30.0 Å². The summed E-state index contributed by atoms with van der Waals surface area (Å²) in [5.41, 5.74) is 0. The van der Waals surface area contributed by atoms with Crippen molar-refractivity contribution in [2.75, 3.05) is 11.9 Å². The van der Waals surface area contributed by atoms with Crippen LogP contribution in [-0.2, 0) is 0 Å². The first-order valence-electron chi connectivity index (χ1n) is 6.85. The second-order valence-corrected chi connectivity index (χ2v) is 5.20. The molecule has 1 N–H and O–H groups in total. The van der Waals surface area contributed by atoms with Gasteiger partial charge < -0.3 is 5.32 Å². The van der Waals surface area contributed by atoms with E-state index in [0.717, 1.165) is 18.3 Å². The molecule has 2 heteroatoms. The summed E-state index contributed by atoms with van der Waals surface area (Å²) in [7, 11) is 0. The fraction of sp³-hybridized carbons (Fsp3) is 0.438. The molecule has 0 aliphatic carbocycles. The van der Waals surface area contributed by atoms with E-state index in [4.69, 9.17) is 0 Å². The fourth-order valence-electron chi connectivity index (χ4n) is 2.14. The second-order valence-electron chi connectivity index (χ2n) is 5.20. The summed E-state index contributed by atoms with van der Waals surface area (Å²) in [6.07, 6.45) is 5.68. The first-order valence-corrected chi connectivity index (χ1v) is 6.85. The number of hydrogen-bond acceptors (Lipinski definition) is 2.